The lowest BCUT2D eigenvalue weighted by Gasteiger charge is -2.14. The predicted molar refractivity (Wildman–Crippen MR) is 81.9 cm³/mol. The fraction of sp³-hybridized carbons (Fsp3) is 0.294. The highest BCUT2D eigenvalue weighted by Gasteiger charge is 2.14. The van der Waals surface area contributed by atoms with Gasteiger partial charge in [0.1, 0.15) is 0 Å². The SMILES string of the molecule is C=CC(=O)OCn1cnc([C@@H](C)c2cccc(C)c2C)c1. The second kappa shape index (κ2) is 6.39. The molecule has 1 heterocycles. The van der Waals surface area contributed by atoms with Gasteiger partial charge in [-0.2, -0.15) is 0 Å². The average molecular weight is 284 g/mol. The maximum Gasteiger partial charge on any atom is 0.331 e. The highest BCUT2D eigenvalue weighted by atomic mass is 16.5. The summed E-state index contributed by atoms with van der Waals surface area (Å²) in [6.45, 7) is 9.88. The molecule has 1 atom stereocenters. The maximum atomic E-state index is 11.1. The Balaban J connectivity index is 2.15. The molecule has 21 heavy (non-hydrogen) atoms. The fourth-order valence-electron chi connectivity index (χ4n) is 2.27. The lowest BCUT2D eigenvalue weighted by atomic mass is 9.92. The van der Waals surface area contributed by atoms with Gasteiger partial charge < -0.3 is 9.30 Å². The van der Waals surface area contributed by atoms with E-state index in [1.54, 1.807) is 10.9 Å². The molecule has 0 saturated carbocycles. The number of carbonyl (C=O) groups is 1. The van der Waals surface area contributed by atoms with Crippen LogP contribution >= 0.6 is 0 Å². The molecule has 0 aliphatic heterocycles. The van der Waals surface area contributed by atoms with Crippen molar-refractivity contribution in [2.45, 2.75) is 33.4 Å². The quantitative estimate of drug-likeness (QED) is 0.625. The van der Waals surface area contributed by atoms with Crippen molar-refractivity contribution in [3.8, 4) is 0 Å². The van der Waals surface area contributed by atoms with Crippen molar-refractivity contribution >= 4 is 5.97 Å². The summed E-state index contributed by atoms with van der Waals surface area (Å²) in [6.07, 6.45) is 4.73. The topological polar surface area (TPSA) is 44.1 Å². The van der Waals surface area contributed by atoms with Crippen LogP contribution in [0.2, 0.25) is 0 Å². The summed E-state index contributed by atoms with van der Waals surface area (Å²) in [6, 6.07) is 6.31. The van der Waals surface area contributed by atoms with E-state index in [0.717, 1.165) is 11.8 Å². The van der Waals surface area contributed by atoms with Gasteiger partial charge >= 0.3 is 5.97 Å². The Hall–Kier alpha value is -2.36. The van der Waals surface area contributed by atoms with Crippen LogP contribution in [0.3, 0.4) is 0 Å². The van der Waals surface area contributed by atoms with Gasteiger partial charge in [-0.1, -0.05) is 31.7 Å². The number of carbonyl (C=O) groups excluding carboxylic acids is 1. The Morgan fingerprint density at radius 1 is 1.48 bits per heavy atom. The van der Waals surface area contributed by atoms with Gasteiger partial charge in [0.25, 0.3) is 0 Å². The molecule has 0 amide bonds. The Kier molecular flexibility index (Phi) is 4.58. The fourth-order valence-corrected chi connectivity index (χ4v) is 2.27. The molecule has 0 aliphatic rings. The number of imidazole rings is 1. The third kappa shape index (κ3) is 3.40. The van der Waals surface area contributed by atoms with Gasteiger partial charge in [-0.05, 0) is 30.5 Å². The van der Waals surface area contributed by atoms with E-state index in [1.807, 2.05) is 6.20 Å². The van der Waals surface area contributed by atoms with E-state index in [1.165, 1.54) is 16.7 Å². The van der Waals surface area contributed by atoms with E-state index in [-0.39, 0.29) is 12.6 Å². The van der Waals surface area contributed by atoms with Crippen LogP contribution in [0.5, 0.6) is 0 Å². The van der Waals surface area contributed by atoms with Gasteiger partial charge in [0.05, 0.1) is 12.0 Å². The molecule has 110 valence electrons. The summed E-state index contributed by atoms with van der Waals surface area (Å²) in [5, 5.41) is 0. The summed E-state index contributed by atoms with van der Waals surface area (Å²) >= 11 is 0. The summed E-state index contributed by atoms with van der Waals surface area (Å²) in [4.78, 5) is 15.5. The van der Waals surface area contributed by atoms with Gasteiger partial charge in [0, 0.05) is 18.2 Å². The van der Waals surface area contributed by atoms with E-state index >= 15 is 0 Å². The second-order valence-corrected chi connectivity index (χ2v) is 5.12. The first-order valence-corrected chi connectivity index (χ1v) is 6.90. The average Bonchev–Trinajstić information content (AvgIpc) is 2.95. The van der Waals surface area contributed by atoms with Crippen LogP contribution in [0, 0.1) is 13.8 Å². The summed E-state index contributed by atoms with van der Waals surface area (Å²) < 4.78 is 6.73. The third-order valence-corrected chi connectivity index (χ3v) is 3.73. The van der Waals surface area contributed by atoms with Gasteiger partial charge in [0.2, 0.25) is 0 Å². The van der Waals surface area contributed by atoms with Crippen molar-refractivity contribution in [2.24, 2.45) is 0 Å². The molecule has 0 unspecified atom stereocenters. The molecule has 0 radical (unpaired) electrons. The maximum absolute atomic E-state index is 11.1. The lowest BCUT2D eigenvalue weighted by molar-refractivity contribution is -0.141. The molecule has 1 aromatic carbocycles. The largest absolute Gasteiger partial charge is 0.441 e. The van der Waals surface area contributed by atoms with Gasteiger partial charge in [-0.15, -0.1) is 0 Å². The molecule has 0 fully saturated rings. The summed E-state index contributed by atoms with van der Waals surface area (Å²) in [7, 11) is 0. The molecule has 2 aromatic rings. The molecule has 0 aliphatic carbocycles. The van der Waals surface area contributed by atoms with Gasteiger partial charge in [-0.3, -0.25) is 0 Å². The molecule has 4 heteroatoms. The minimum Gasteiger partial charge on any atom is -0.441 e. The van der Waals surface area contributed by atoms with E-state index in [0.29, 0.717) is 0 Å². The Morgan fingerprint density at radius 3 is 2.95 bits per heavy atom. The van der Waals surface area contributed by atoms with Crippen LogP contribution in [0.1, 0.15) is 35.2 Å². The Labute approximate surface area is 125 Å². The minimum absolute atomic E-state index is 0.150. The number of nitrogens with zero attached hydrogens (tertiary/aromatic N) is 2. The number of rotatable bonds is 5. The van der Waals surface area contributed by atoms with Crippen LogP contribution in [0.25, 0.3) is 0 Å². The molecule has 0 bridgehead atoms. The van der Waals surface area contributed by atoms with Crippen molar-refractivity contribution in [1.29, 1.82) is 0 Å². The summed E-state index contributed by atoms with van der Waals surface area (Å²) in [5.74, 6) is -0.242. The molecule has 0 saturated heterocycles. The van der Waals surface area contributed by atoms with Gasteiger partial charge in [0.15, 0.2) is 6.73 Å². The molecule has 1 aromatic heterocycles. The third-order valence-electron chi connectivity index (χ3n) is 3.73. The number of hydrogen-bond acceptors (Lipinski definition) is 3. The predicted octanol–water partition coefficient (Wildman–Crippen LogP) is 3.34. The molecule has 4 nitrogen and oxygen atoms in total. The highest BCUT2D eigenvalue weighted by Crippen LogP contribution is 2.26. The second-order valence-electron chi connectivity index (χ2n) is 5.12. The summed E-state index contributed by atoms with van der Waals surface area (Å²) in [5.41, 5.74) is 4.79. The smallest absolute Gasteiger partial charge is 0.331 e. The number of hydrogen-bond donors (Lipinski definition) is 0. The van der Waals surface area contributed by atoms with Crippen LogP contribution in [0.15, 0.2) is 43.4 Å². The number of ether oxygens (including phenoxy) is 1. The van der Waals surface area contributed by atoms with E-state index in [2.05, 4.69) is 50.5 Å². The van der Waals surface area contributed by atoms with Crippen molar-refractivity contribution in [2.75, 3.05) is 0 Å². The lowest BCUT2D eigenvalue weighted by Crippen LogP contribution is -2.05. The van der Waals surface area contributed by atoms with E-state index in [9.17, 15) is 4.79 Å². The standard InChI is InChI=1S/C17H20N2O2/c1-5-17(20)21-11-19-9-16(18-10-19)14(4)15-8-6-7-12(2)13(15)3/h5-10,14H,1,11H2,2-4H3/t14-/m0/s1. The zero-order valence-electron chi connectivity index (χ0n) is 12.7. The van der Waals surface area contributed by atoms with Crippen molar-refractivity contribution in [3.05, 3.63) is 65.8 Å². The molecule has 0 N–H and O–H groups in total. The molecule has 0 spiro atoms. The van der Waals surface area contributed by atoms with Crippen molar-refractivity contribution < 1.29 is 9.53 Å². The zero-order chi connectivity index (χ0) is 15.4. The van der Waals surface area contributed by atoms with E-state index in [4.69, 9.17) is 4.74 Å². The normalized spacial score (nSPS) is 12.0. The number of aryl methyl sites for hydroxylation is 1. The van der Waals surface area contributed by atoms with Crippen molar-refractivity contribution in [3.63, 3.8) is 0 Å². The number of benzene rings is 1. The first-order valence-electron chi connectivity index (χ1n) is 6.90. The molecular weight excluding hydrogens is 264 g/mol. The Bertz CT molecular complexity index is 659. The van der Waals surface area contributed by atoms with Crippen LogP contribution < -0.4 is 0 Å². The van der Waals surface area contributed by atoms with Crippen LogP contribution in [-0.4, -0.2) is 15.5 Å². The molecule has 2 rings (SSSR count). The zero-order valence-corrected chi connectivity index (χ0v) is 12.7. The van der Waals surface area contributed by atoms with Gasteiger partial charge in [-0.25, -0.2) is 9.78 Å². The Morgan fingerprint density at radius 2 is 2.24 bits per heavy atom. The van der Waals surface area contributed by atoms with E-state index < -0.39 is 5.97 Å². The molecular formula is C17H20N2O2. The monoisotopic (exact) mass is 284 g/mol. The highest BCUT2D eigenvalue weighted by molar-refractivity contribution is 5.80. The van der Waals surface area contributed by atoms with Crippen LogP contribution in [0.4, 0.5) is 0 Å². The first-order chi connectivity index (χ1) is 10.0. The van der Waals surface area contributed by atoms with Crippen molar-refractivity contribution in [1.82, 2.24) is 9.55 Å². The first kappa shape index (κ1) is 15.0. The number of esters is 1. The number of aromatic nitrogens is 2. The minimum atomic E-state index is -0.437. The van der Waals surface area contributed by atoms with Crippen LogP contribution in [-0.2, 0) is 16.3 Å².